The minimum atomic E-state index is -0.856. The van der Waals surface area contributed by atoms with Crippen molar-refractivity contribution in [2.75, 3.05) is 40.5 Å². The van der Waals surface area contributed by atoms with Gasteiger partial charge in [-0.1, -0.05) is 72.8 Å². The van der Waals surface area contributed by atoms with Crippen molar-refractivity contribution in [3.05, 3.63) is 137 Å². The Labute approximate surface area is 285 Å². The van der Waals surface area contributed by atoms with E-state index in [1.54, 1.807) is 37.3 Å². The van der Waals surface area contributed by atoms with Gasteiger partial charge in [-0.05, 0) is 85.7 Å². The summed E-state index contributed by atoms with van der Waals surface area (Å²) in [5.74, 6) is 0.344. The van der Waals surface area contributed by atoms with Gasteiger partial charge in [0.2, 0.25) is 0 Å². The summed E-state index contributed by atoms with van der Waals surface area (Å²) in [4.78, 5) is 28.8. The first kappa shape index (κ1) is 36.3. The van der Waals surface area contributed by atoms with Crippen LogP contribution >= 0.6 is 0 Å². The van der Waals surface area contributed by atoms with Crippen LogP contribution in [0.3, 0.4) is 0 Å². The molecule has 0 saturated carbocycles. The maximum atomic E-state index is 13.6. The summed E-state index contributed by atoms with van der Waals surface area (Å²) in [5.41, 5.74) is 4.86. The average molecular weight is 652 g/mol. The summed E-state index contributed by atoms with van der Waals surface area (Å²) >= 11 is 0. The number of aliphatic hydroxyl groups is 1. The van der Waals surface area contributed by atoms with Crippen LogP contribution in [-0.4, -0.2) is 74.4 Å². The zero-order chi connectivity index (χ0) is 34.3. The smallest absolute Gasteiger partial charge is 0.254 e. The van der Waals surface area contributed by atoms with Gasteiger partial charge >= 0.3 is 0 Å². The van der Waals surface area contributed by atoms with Gasteiger partial charge in [0.15, 0.2) is 0 Å². The Bertz CT molecular complexity index is 1580. The van der Waals surface area contributed by atoms with Crippen molar-refractivity contribution in [2.45, 2.75) is 51.3 Å². The summed E-state index contributed by atoms with van der Waals surface area (Å²) < 4.78 is 11.1. The number of nitrogens with one attached hydrogen (secondary N) is 2. The number of methoxy groups -OCH3 is 1. The molecule has 48 heavy (non-hydrogen) atoms. The Morgan fingerprint density at radius 1 is 0.854 bits per heavy atom. The molecule has 4 aromatic carbocycles. The highest BCUT2D eigenvalue weighted by Gasteiger charge is 2.24. The minimum Gasteiger partial charge on any atom is -0.497 e. The van der Waals surface area contributed by atoms with Gasteiger partial charge in [-0.2, -0.15) is 0 Å². The summed E-state index contributed by atoms with van der Waals surface area (Å²) in [5, 5.41) is 17.5. The molecule has 0 spiro atoms. The van der Waals surface area contributed by atoms with E-state index < -0.39 is 12.1 Å². The fourth-order valence-electron chi connectivity index (χ4n) is 5.62. The molecule has 0 radical (unpaired) electrons. The molecule has 8 nitrogen and oxygen atoms in total. The molecule has 3 atom stereocenters. The molecule has 8 heteroatoms. The summed E-state index contributed by atoms with van der Waals surface area (Å²) in [6, 6.07) is 32.2. The first-order valence-electron chi connectivity index (χ1n) is 16.6. The topological polar surface area (TPSA) is 100 Å². The molecule has 254 valence electrons. The number of carbonyl (C=O) groups is 2. The van der Waals surface area contributed by atoms with Gasteiger partial charge in [0, 0.05) is 37.9 Å². The molecular formula is C40H49N3O5. The van der Waals surface area contributed by atoms with Gasteiger partial charge in [-0.3, -0.25) is 9.59 Å². The van der Waals surface area contributed by atoms with Crippen LogP contribution in [0.4, 0.5) is 0 Å². The normalized spacial score (nSPS) is 12.9. The van der Waals surface area contributed by atoms with E-state index in [4.69, 9.17) is 9.47 Å². The van der Waals surface area contributed by atoms with Gasteiger partial charge in [0.1, 0.15) is 5.75 Å². The number of benzene rings is 4. The van der Waals surface area contributed by atoms with E-state index in [2.05, 4.69) is 16.7 Å². The lowest BCUT2D eigenvalue weighted by atomic mass is 9.99. The van der Waals surface area contributed by atoms with E-state index in [1.165, 1.54) is 5.56 Å². The predicted octanol–water partition coefficient (Wildman–Crippen LogP) is 5.78. The monoisotopic (exact) mass is 651 g/mol. The van der Waals surface area contributed by atoms with Gasteiger partial charge in [0.05, 0.1) is 31.9 Å². The quantitative estimate of drug-likeness (QED) is 0.118. The van der Waals surface area contributed by atoms with E-state index in [0.717, 1.165) is 35.3 Å². The second-order valence-corrected chi connectivity index (χ2v) is 12.2. The number of aliphatic hydroxyl groups excluding tert-OH is 1. The summed E-state index contributed by atoms with van der Waals surface area (Å²) in [6.07, 6.45) is 1.40. The fraction of sp³-hybridized carbons (Fsp3) is 0.350. The molecule has 0 unspecified atom stereocenters. The van der Waals surface area contributed by atoms with Crippen molar-refractivity contribution in [3.63, 3.8) is 0 Å². The number of hydrogen-bond donors (Lipinski definition) is 3. The SMILES string of the molecule is COc1cccc(CCCOCCNC[C@@H](O)[C@H](Cc2ccccc2)NC(=O)c2cc(C)cc(C(=O)N(C)[C@H](C)c3ccccc3)c2)c1. The van der Waals surface area contributed by atoms with Crippen molar-refractivity contribution >= 4 is 11.8 Å². The van der Waals surface area contributed by atoms with Crippen LogP contribution in [0.2, 0.25) is 0 Å². The number of aryl methyl sites for hydroxylation is 2. The lowest BCUT2D eigenvalue weighted by molar-refractivity contribution is 0.0742. The van der Waals surface area contributed by atoms with E-state index >= 15 is 0 Å². The van der Waals surface area contributed by atoms with Crippen LogP contribution in [0.5, 0.6) is 5.75 Å². The lowest BCUT2D eigenvalue weighted by Crippen LogP contribution is -2.49. The van der Waals surface area contributed by atoms with Gasteiger partial charge in [-0.15, -0.1) is 0 Å². The standard InChI is InChI=1S/C40H49N3O5/c1-29-23-34(27-35(24-29)40(46)43(3)30(2)33-17-9-6-10-18-33)39(45)42-37(26-32-13-7-5-8-14-32)38(44)28-41-20-22-48-21-12-16-31-15-11-19-36(25-31)47-4/h5-11,13-15,17-19,23-25,27,30,37-38,41,44H,12,16,20-22,26,28H2,1-4H3,(H,42,45)/t30-,37+,38-/m1/s1. The van der Waals surface area contributed by atoms with Crippen molar-refractivity contribution in [2.24, 2.45) is 0 Å². The average Bonchev–Trinajstić information content (AvgIpc) is 3.11. The first-order valence-corrected chi connectivity index (χ1v) is 16.6. The van der Waals surface area contributed by atoms with E-state index in [0.29, 0.717) is 37.3 Å². The molecule has 0 aliphatic heterocycles. The third kappa shape index (κ3) is 11.0. The Balaban J connectivity index is 1.32. The molecule has 0 fully saturated rings. The van der Waals surface area contributed by atoms with Gasteiger partial charge < -0.3 is 30.1 Å². The predicted molar refractivity (Wildman–Crippen MR) is 191 cm³/mol. The van der Waals surface area contributed by atoms with Crippen molar-refractivity contribution in [1.82, 2.24) is 15.5 Å². The molecule has 0 heterocycles. The maximum Gasteiger partial charge on any atom is 0.254 e. The van der Waals surface area contributed by atoms with E-state index in [-0.39, 0.29) is 24.4 Å². The van der Waals surface area contributed by atoms with Crippen LogP contribution in [0.15, 0.2) is 103 Å². The van der Waals surface area contributed by atoms with E-state index in [9.17, 15) is 14.7 Å². The third-order valence-corrected chi connectivity index (χ3v) is 8.51. The molecule has 2 amide bonds. The zero-order valence-electron chi connectivity index (χ0n) is 28.5. The van der Waals surface area contributed by atoms with Crippen molar-refractivity contribution in [3.8, 4) is 5.75 Å². The van der Waals surface area contributed by atoms with Crippen LogP contribution < -0.4 is 15.4 Å². The van der Waals surface area contributed by atoms with Crippen molar-refractivity contribution in [1.29, 1.82) is 0 Å². The molecule has 0 aromatic heterocycles. The van der Waals surface area contributed by atoms with Crippen LogP contribution in [0.1, 0.15) is 62.4 Å². The highest BCUT2D eigenvalue weighted by Crippen LogP contribution is 2.22. The molecule has 0 aliphatic carbocycles. The van der Waals surface area contributed by atoms with Crippen LogP contribution in [-0.2, 0) is 17.6 Å². The third-order valence-electron chi connectivity index (χ3n) is 8.51. The largest absolute Gasteiger partial charge is 0.497 e. The zero-order valence-corrected chi connectivity index (χ0v) is 28.5. The van der Waals surface area contributed by atoms with E-state index in [1.807, 2.05) is 92.7 Å². The lowest BCUT2D eigenvalue weighted by Gasteiger charge is -2.26. The highest BCUT2D eigenvalue weighted by atomic mass is 16.5. The Morgan fingerprint density at radius 2 is 1.54 bits per heavy atom. The summed E-state index contributed by atoms with van der Waals surface area (Å²) in [6.45, 7) is 5.85. The molecule has 4 aromatic rings. The maximum absolute atomic E-state index is 13.6. The first-order chi connectivity index (χ1) is 23.2. The molecular weight excluding hydrogens is 602 g/mol. The van der Waals surface area contributed by atoms with Gasteiger partial charge in [-0.25, -0.2) is 0 Å². The number of amides is 2. The second-order valence-electron chi connectivity index (χ2n) is 12.2. The summed E-state index contributed by atoms with van der Waals surface area (Å²) in [7, 11) is 3.44. The Hall–Kier alpha value is -4.50. The van der Waals surface area contributed by atoms with Crippen LogP contribution in [0, 0.1) is 6.92 Å². The molecule has 0 saturated heterocycles. The number of ether oxygens (including phenoxy) is 2. The number of carbonyl (C=O) groups excluding carboxylic acids is 2. The van der Waals surface area contributed by atoms with Crippen LogP contribution in [0.25, 0.3) is 0 Å². The molecule has 0 bridgehead atoms. The van der Waals surface area contributed by atoms with Crippen molar-refractivity contribution < 1.29 is 24.2 Å². The number of hydrogen-bond acceptors (Lipinski definition) is 6. The number of nitrogens with zero attached hydrogens (tertiary/aromatic N) is 1. The Morgan fingerprint density at radius 3 is 2.27 bits per heavy atom. The highest BCUT2D eigenvalue weighted by molar-refractivity contribution is 6.00. The van der Waals surface area contributed by atoms with Gasteiger partial charge in [0.25, 0.3) is 11.8 Å². The number of rotatable bonds is 18. The Kier molecular flexibility index (Phi) is 14.2. The second kappa shape index (κ2) is 18.7. The molecule has 4 rings (SSSR count). The fourth-order valence-corrected chi connectivity index (χ4v) is 5.62. The molecule has 0 aliphatic rings. The minimum absolute atomic E-state index is 0.140. The molecule has 3 N–H and O–H groups in total.